The van der Waals surface area contributed by atoms with E-state index in [0.717, 1.165) is 6.61 Å². The van der Waals surface area contributed by atoms with Crippen molar-refractivity contribution in [2.45, 2.75) is 6.92 Å². The molecular weight excluding hydrogens is 196 g/mol. The van der Waals surface area contributed by atoms with E-state index in [1.165, 1.54) is 0 Å². The molecule has 0 rings (SSSR count). The predicted octanol–water partition coefficient (Wildman–Crippen LogP) is 1.26. The van der Waals surface area contributed by atoms with Gasteiger partial charge in [0, 0.05) is 6.61 Å². The van der Waals surface area contributed by atoms with E-state index in [0.29, 0.717) is 46.2 Å². The molecule has 4 nitrogen and oxygen atoms in total. The molecule has 0 amide bonds. The fourth-order valence-electron chi connectivity index (χ4n) is 0.869. The summed E-state index contributed by atoms with van der Waals surface area (Å²) in [5, 5.41) is 0. The molecular formula is C11H22O4. The van der Waals surface area contributed by atoms with E-state index in [2.05, 4.69) is 6.58 Å². The van der Waals surface area contributed by atoms with Gasteiger partial charge in [0.1, 0.15) is 0 Å². The van der Waals surface area contributed by atoms with Crippen LogP contribution in [0.25, 0.3) is 0 Å². The van der Waals surface area contributed by atoms with Crippen LogP contribution >= 0.6 is 0 Å². The van der Waals surface area contributed by atoms with Crippen molar-refractivity contribution in [3.05, 3.63) is 12.7 Å². The maximum Gasteiger partial charge on any atom is 0.0704 e. The minimum atomic E-state index is 0.578. The molecule has 0 N–H and O–H groups in total. The average molecular weight is 218 g/mol. The lowest BCUT2D eigenvalue weighted by atomic mass is 10.6. The van der Waals surface area contributed by atoms with Crippen LogP contribution < -0.4 is 0 Å². The van der Waals surface area contributed by atoms with Crippen molar-refractivity contribution in [2.75, 3.05) is 52.9 Å². The van der Waals surface area contributed by atoms with Crippen molar-refractivity contribution < 1.29 is 18.9 Å². The van der Waals surface area contributed by atoms with Crippen molar-refractivity contribution in [1.29, 1.82) is 0 Å². The monoisotopic (exact) mass is 218 g/mol. The summed E-state index contributed by atoms with van der Waals surface area (Å²) < 4.78 is 20.8. The van der Waals surface area contributed by atoms with Crippen molar-refractivity contribution in [1.82, 2.24) is 0 Å². The van der Waals surface area contributed by atoms with Gasteiger partial charge >= 0.3 is 0 Å². The van der Waals surface area contributed by atoms with Crippen LogP contribution in [0.2, 0.25) is 0 Å². The molecule has 0 aliphatic heterocycles. The summed E-state index contributed by atoms with van der Waals surface area (Å²) >= 11 is 0. The Balaban J connectivity index is 2.83. The first-order valence-electron chi connectivity index (χ1n) is 5.33. The van der Waals surface area contributed by atoms with Crippen LogP contribution in [-0.4, -0.2) is 52.9 Å². The summed E-state index contributed by atoms with van der Waals surface area (Å²) in [5.74, 6) is 0. The molecule has 15 heavy (non-hydrogen) atoms. The highest BCUT2D eigenvalue weighted by Crippen LogP contribution is 1.82. The largest absolute Gasteiger partial charge is 0.379 e. The molecule has 0 aromatic rings. The molecule has 4 heteroatoms. The molecule has 0 saturated carbocycles. The van der Waals surface area contributed by atoms with Gasteiger partial charge in [-0.15, -0.1) is 6.58 Å². The van der Waals surface area contributed by atoms with Crippen LogP contribution in [0, 0.1) is 0 Å². The highest BCUT2D eigenvalue weighted by molar-refractivity contribution is 4.63. The maximum absolute atomic E-state index is 5.26. The van der Waals surface area contributed by atoms with Crippen LogP contribution in [0.3, 0.4) is 0 Å². The molecule has 0 aliphatic rings. The lowest BCUT2D eigenvalue weighted by Crippen LogP contribution is -2.11. The molecule has 0 aromatic heterocycles. The number of hydrogen-bond acceptors (Lipinski definition) is 4. The Morgan fingerprint density at radius 3 is 1.73 bits per heavy atom. The zero-order valence-electron chi connectivity index (χ0n) is 9.57. The van der Waals surface area contributed by atoms with Gasteiger partial charge in [0.05, 0.1) is 46.2 Å². The zero-order valence-corrected chi connectivity index (χ0v) is 9.57. The zero-order chi connectivity index (χ0) is 11.2. The van der Waals surface area contributed by atoms with Crippen LogP contribution in [-0.2, 0) is 18.9 Å². The van der Waals surface area contributed by atoms with Gasteiger partial charge in [0.2, 0.25) is 0 Å². The number of ether oxygens (including phenoxy) is 4. The van der Waals surface area contributed by atoms with E-state index in [-0.39, 0.29) is 0 Å². The number of rotatable bonds is 12. The van der Waals surface area contributed by atoms with Gasteiger partial charge in [-0.3, -0.25) is 0 Å². The van der Waals surface area contributed by atoms with Crippen LogP contribution in [0.4, 0.5) is 0 Å². The Bertz CT molecular complexity index is 128. The van der Waals surface area contributed by atoms with E-state index in [4.69, 9.17) is 18.9 Å². The number of hydrogen-bond donors (Lipinski definition) is 0. The minimum absolute atomic E-state index is 0.578. The third-order valence-corrected chi connectivity index (χ3v) is 1.56. The molecule has 0 aromatic carbocycles. The molecule has 0 unspecified atom stereocenters. The normalized spacial score (nSPS) is 10.5. The Kier molecular flexibility index (Phi) is 13.2. The van der Waals surface area contributed by atoms with E-state index in [1.54, 1.807) is 6.08 Å². The lowest BCUT2D eigenvalue weighted by Gasteiger charge is -2.05. The summed E-state index contributed by atoms with van der Waals surface area (Å²) in [4.78, 5) is 0. The summed E-state index contributed by atoms with van der Waals surface area (Å²) in [7, 11) is 0. The van der Waals surface area contributed by atoms with E-state index in [9.17, 15) is 0 Å². The average Bonchev–Trinajstić information content (AvgIpc) is 2.26. The standard InChI is InChI=1S/C11H22O4/c1-3-5-13-8-9-15-11-10-14-7-6-12-4-2/h3H,1,4-11H2,2H3. The Hall–Kier alpha value is -0.420. The first-order valence-corrected chi connectivity index (χ1v) is 5.33. The van der Waals surface area contributed by atoms with E-state index >= 15 is 0 Å². The molecule has 0 bridgehead atoms. The molecule has 0 fully saturated rings. The third kappa shape index (κ3) is 13.6. The summed E-state index contributed by atoms with van der Waals surface area (Å²) in [6.45, 7) is 10.5. The SMILES string of the molecule is C=CCOCCOCCOCCOCC. The van der Waals surface area contributed by atoms with Gasteiger partial charge in [-0.2, -0.15) is 0 Å². The van der Waals surface area contributed by atoms with E-state index in [1.807, 2.05) is 6.92 Å². The van der Waals surface area contributed by atoms with Gasteiger partial charge in [-0.05, 0) is 6.92 Å². The van der Waals surface area contributed by atoms with Crippen LogP contribution in [0.15, 0.2) is 12.7 Å². The van der Waals surface area contributed by atoms with E-state index < -0.39 is 0 Å². The first kappa shape index (κ1) is 14.6. The van der Waals surface area contributed by atoms with Gasteiger partial charge in [0.15, 0.2) is 0 Å². The fraction of sp³-hybridized carbons (Fsp3) is 0.818. The summed E-state index contributed by atoms with van der Waals surface area (Å²) in [6, 6.07) is 0. The maximum atomic E-state index is 5.26. The predicted molar refractivity (Wildman–Crippen MR) is 59.1 cm³/mol. The molecule has 0 heterocycles. The molecule has 0 spiro atoms. The van der Waals surface area contributed by atoms with Gasteiger partial charge in [0.25, 0.3) is 0 Å². The lowest BCUT2D eigenvalue weighted by molar-refractivity contribution is 0.00241. The van der Waals surface area contributed by atoms with Gasteiger partial charge in [-0.1, -0.05) is 6.08 Å². The Labute approximate surface area is 92.2 Å². The fourth-order valence-corrected chi connectivity index (χ4v) is 0.869. The van der Waals surface area contributed by atoms with Crippen molar-refractivity contribution >= 4 is 0 Å². The Morgan fingerprint density at radius 1 is 0.800 bits per heavy atom. The second kappa shape index (κ2) is 13.6. The van der Waals surface area contributed by atoms with Crippen molar-refractivity contribution in [3.63, 3.8) is 0 Å². The van der Waals surface area contributed by atoms with Gasteiger partial charge in [-0.25, -0.2) is 0 Å². The smallest absolute Gasteiger partial charge is 0.0704 e. The molecule has 90 valence electrons. The van der Waals surface area contributed by atoms with Crippen LogP contribution in [0.1, 0.15) is 6.92 Å². The third-order valence-electron chi connectivity index (χ3n) is 1.56. The van der Waals surface area contributed by atoms with Gasteiger partial charge < -0.3 is 18.9 Å². The molecule has 0 atom stereocenters. The molecule has 0 aliphatic carbocycles. The minimum Gasteiger partial charge on any atom is -0.379 e. The Morgan fingerprint density at radius 2 is 1.27 bits per heavy atom. The highest BCUT2D eigenvalue weighted by Gasteiger charge is 1.90. The summed E-state index contributed by atoms with van der Waals surface area (Å²) in [6.07, 6.45) is 1.72. The second-order valence-electron chi connectivity index (χ2n) is 2.79. The molecule has 0 radical (unpaired) electrons. The van der Waals surface area contributed by atoms with Crippen molar-refractivity contribution in [3.8, 4) is 0 Å². The summed E-state index contributed by atoms with van der Waals surface area (Å²) in [5.41, 5.74) is 0. The molecule has 0 saturated heterocycles. The van der Waals surface area contributed by atoms with Crippen LogP contribution in [0.5, 0.6) is 0 Å². The quantitative estimate of drug-likeness (QED) is 0.365. The second-order valence-corrected chi connectivity index (χ2v) is 2.79. The first-order chi connectivity index (χ1) is 7.41. The topological polar surface area (TPSA) is 36.9 Å². The van der Waals surface area contributed by atoms with Crippen molar-refractivity contribution in [2.24, 2.45) is 0 Å². The highest BCUT2D eigenvalue weighted by atomic mass is 16.6.